The molecule has 2 amide bonds. The van der Waals surface area contributed by atoms with Gasteiger partial charge in [-0.25, -0.2) is 0 Å². The lowest BCUT2D eigenvalue weighted by Gasteiger charge is -2.44. The third-order valence-electron chi connectivity index (χ3n) is 7.98. The first-order chi connectivity index (χ1) is 16.5. The summed E-state index contributed by atoms with van der Waals surface area (Å²) in [6.07, 6.45) is 2.23. The van der Waals surface area contributed by atoms with Crippen molar-refractivity contribution in [1.29, 1.82) is 0 Å². The van der Waals surface area contributed by atoms with Gasteiger partial charge < -0.3 is 14.2 Å². The minimum absolute atomic E-state index is 0.223. The second kappa shape index (κ2) is 7.56. The van der Waals surface area contributed by atoms with Crippen LogP contribution < -0.4 is 9.47 Å². The number of hydrogen-bond acceptors (Lipinski definition) is 7. The summed E-state index contributed by atoms with van der Waals surface area (Å²) in [5, 5.41) is 0. The number of hydrogen-bond donors (Lipinski definition) is 0. The van der Waals surface area contributed by atoms with Gasteiger partial charge in [0.2, 0.25) is 18.6 Å². The summed E-state index contributed by atoms with van der Waals surface area (Å²) in [4.78, 5) is 43.0. The standard InChI is InChI=1S/C26H26N2O6/c1-27-23(29)20-21(24(27)30)26(25(31)32-2)11-3-4-12-28(26)22(20)16-7-5-15(6-8-16)17-9-10-18-19(13-17)34-14-33-18/h5-10,13,20-22H,3-4,11-12,14H2,1-2H3/t20?,21?,22?,26-/m0/s1. The van der Waals surface area contributed by atoms with E-state index in [4.69, 9.17) is 14.2 Å². The third-order valence-corrected chi connectivity index (χ3v) is 7.98. The zero-order chi connectivity index (χ0) is 23.6. The number of amides is 2. The van der Waals surface area contributed by atoms with Gasteiger partial charge in [0.1, 0.15) is 5.54 Å². The Morgan fingerprint density at radius 3 is 2.50 bits per heavy atom. The minimum Gasteiger partial charge on any atom is -0.468 e. The van der Waals surface area contributed by atoms with Gasteiger partial charge in [-0.05, 0) is 54.6 Å². The summed E-state index contributed by atoms with van der Waals surface area (Å²) in [5.74, 6) is -0.811. The fraction of sp³-hybridized carbons (Fsp3) is 0.423. The summed E-state index contributed by atoms with van der Waals surface area (Å²) in [5.41, 5.74) is 1.81. The molecule has 4 heterocycles. The van der Waals surface area contributed by atoms with Crippen molar-refractivity contribution >= 4 is 17.8 Å². The molecule has 0 aliphatic carbocycles. The van der Waals surface area contributed by atoms with Crippen molar-refractivity contribution in [3.8, 4) is 22.6 Å². The Balaban J connectivity index is 1.42. The normalized spacial score (nSPS) is 29.8. The minimum atomic E-state index is -1.10. The van der Waals surface area contributed by atoms with Gasteiger partial charge in [-0.3, -0.25) is 24.2 Å². The topological polar surface area (TPSA) is 85.4 Å². The van der Waals surface area contributed by atoms with Crippen LogP contribution in [0.5, 0.6) is 11.5 Å². The first kappa shape index (κ1) is 21.2. The summed E-state index contributed by atoms with van der Waals surface area (Å²) in [6.45, 7) is 0.863. The lowest BCUT2D eigenvalue weighted by atomic mass is 9.75. The molecule has 3 saturated heterocycles. The van der Waals surface area contributed by atoms with E-state index in [1.54, 1.807) is 0 Å². The maximum Gasteiger partial charge on any atom is 0.327 e. The zero-order valence-corrected chi connectivity index (χ0v) is 19.2. The van der Waals surface area contributed by atoms with Crippen molar-refractivity contribution in [3.05, 3.63) is 48.0 Å². The molecule has 4 aliphatic heterocycles. The predicted octanol–water partition coefficient (Wildman–Crippen LogP) is 2.77. The van der Waals surface area contributed by atoms with Gasteiger partial charge in [0.25, 0.3) is 0 Å². The number of likely N-dealkylation sites (tertiary alicyclic amines) is 1. The van der Waals surface area contributed by atoms with Crippen LogP contribution in [-0.4, -0.2) is 60.6 Å². The van der Waals surface area contributed by atoms with Gasteiger partial charge in [0, 0.05) is 13.1 Å². The maximum atomic E-state index is 13.3. The number of rotatable bonds is 3. The van der Waals surface area contributed by atoms with Crippen molar-refractivity contribution < 1.29 is 28.6 Å². The van der Waals surface area contributed by atoms with Gasteiger partial charge in [0.05, 0.1) is 18.9 Å². The molecule has 6 rings (SSSR count). The van der Waals surface area contributed by atoms with E-state index in [0.29, 0.717) is 13.0 Å². The number of nitrogens with zero attached hydrogens (tertiary/aromatic N) is 2. The quantitative estimate of drug-likeness (QED) is 0.512. The molecule has 2 aromatic carbocycles. The molecule has 8 heteroatoms. The van der Waals surface area contributed by atoms with Crippen LogP contribution in [0.3, 0.4) is 0 Å². The second-order valence-corrected chi connectivity index (χ2v) is 9.44. The third kappa shape index (κ3) is 2.72. The van der Waals surface area contributed by atoms with E-state index in [-0.39, 0.29) is 24.6 Å². The van der Waals surface area contributed by atoms with Gasteiger partial charge in [-0.1, -0.05) is 30.3 Å². The molecule has 4 aliphatic rings. The number of ether oxygens (including phenoxy) is 3. The Morgan fingerprint density at radius 1 is 1.00 bits per heavy atom. The number of carbonyl (C=O) groups is 3. The number of fused-ring (bicyclic) bond motifs is 4. The highest BCUT2D eigenvalue weighted by Crippen LogP contribution is 2.58. The van der Waals surface area contributed by atoms with E-state index in [1.165, 1.54) is 19.1 Å². The Labute approximate surface area is 197 Å². The van der Waals surface area contributed by atoms with Crippen molar-refractivity contribution in [2.75, 3.05) is 27.5 Å². The Bertz CT molecular complexity index is 1190. The summed E-state index contributed by atoms with van der Waals surface area (Å²) < 4.78 is 16.1. The van der Waals surface area contributed by atoms with Gasteiger partial charge >= 0.3 is 5.97 Å². The van der Waals surface area contributed by atoms with Crippen molar-refractivity contribution in [2.45, 2.75) is 30.8 Å². The Kier molecular flexibility index (Phi) is 4.71. The van der Waals surface area contributed by atoms with E-state index in [9.17, 15) is 14.4 Å². The average molecular weight is 463 g/mol. The second-order valence-electron chi connectivity index (χ2n) is 9.44. The van der Waals surface area contributed by atoms with Crippen LogP contribution in [0.4, 0.5) is 0 Å². The number of piperidine rings is 1. The van der Waals surface area contributed by atoms with Crippen LogP contribution in [0.2, 0.25) is 0 Å². The van der Waals surface area contributed by atoms with E-state index >= 15 is 0 Å². The molecule has 4 atom stereocenters. The van der Waals surface area contributed by atoms with Crippen LogP contribution in [0.15, 0.2) is 42.5 Å². The molecule has 3 unspecified atom stereocenters. The number of esters is 1. The molecule has 0 bridgehead atoms. The highest BCUT2D eigenvalue weighted by atomic mass is 16.7. The average Bonchev–Trinajstić information content (AvgIpc) is 3.53. The Morgan fingerprint density at radius 2 is 1.74 bits per heavy atom. The van der Waals surface area contributed by atoms with Crippen LogP contribution in [0.25, 0.3) is 11.1 Å². The fourth-order valence-corrected chi connectivity index (χ4v) is 6.45. The molecule has 176 valence electrons. The monoisotopic (exact) mass is 462 g/mol. The number of benzene rings is 2. The Hall–Kier alpha value is -3.39. The molecular formula is C26H26N2O6. The lowest BCUT2D eigenvalue weighted by Crippen LogP contribution is -2.59. The van der Waals surface area contributed by atoms with Gasteiger partial charge in [0.15, 0.2) is 11.5 Å². The van der Waals surface area contributed by atoms with Crippen molar-refractivity contribution in [1.82, 2.24) is 9.80 Å². The zero-order valence-electron chi connectivity index (χ0n) is 19.2. The first-order valence-corrected chi connectivity index (χ1v) is 11.6. The van der Waals surface area contributed by atoms with E-state index < -0.39 is 23.3 Å². The molecule has 0 N–H and O–H groups in total. The molecule has 0 aromatic heterocycles. The molecule has 3 fully saturated rings. The molecule has 34 heavy (non-hydrogen) atoms. The molecule has 0 saturated carbocycles. The van der Waals surface area contributed by atoms with Crippen molar-refractivity contribution in [3.63, 3.8) is 0 Å². The van der Waals surface area contributed by atoms with Gasteiger partial charge in [-0.15, -0.1) is 0 Å². The number of carbonyl (C=O) groups excluding carboxylic acids is 3. The van der Waals surface area contributed by atoms with E-state index in [0.717, 1.165) is 41.0 Å². The molecule has 0 spiro atoms. The van der Waals surface area contributed by atoms with E-state index in [1.807, 2.05) is 42.5 Å². The summed E-state index contributed by atoms with van der Waals surface area (Å²) >= 11 is 0. The summed E-state index contributed by atoms with van der Waals surface area (Å²) in [7, 11) is 2.87. The van der Waals surface area contributed by atoms with Crippen LogP contribution in [0.1, 0.15) is 30.9 Å². The highest BCUT2D eigenvalue weighted by Gasteiger charge is 2.72. The molecule has 2 aromatic rings. The van der Waals surface area contributed by atoms with Crippen LogP contribution >= 0.6 is 0 Å². The summed E-state index contributed by atoms with van der Waals surface area (Å²) in [6, 6.07) is 13.5. The number of imide groups is 1. The smallest absolute Gasteiger partial charge is 0.327 e. The fourth-order valence-electron chi connectivity index (χ4n) is 6.45. The van der Waals surface area contributed by atoms with Crippen LogP contribution in [0, 0.1) is 11.8 Å². The molecule has 0 radical (unpaired) electrons. The highest BCUT2D eigenvalue weighted by molar-refractivity contribution is 6.09. The largest absolute Gasteiger partial charge is 0.468 e. The molecular weight excluding hydrogens is 436 g/mol. The maximum absolute atomic E-state index is 13.3. The first-order valence-electron chi connectivity index (χ1n) is 11.6. The van der Waals surface area contributed by atoms with Crippen molar-refractivity contribution in [2.24, 2.45) is 11.8 Å². The number of methoxy groups -OCH3 is 1. The lowest BCUT2D eigenvalue weighted by molar-refractivity contribution is -0.163. The van der Waals surface area contributed by atoms with E-state index in [2.05, 4.69) is 4.90 Å². The van der Waals surface area contributed by atoms with Crippen LogP contribution in [-0.2, 0) is 19.1 Å². The SMILES string of the molecule is COC(=O)[C@@]12CCCCN1C(c1ccc(-c3ccc4c(c3)OCO4)cc1)C1C(=O)N(C)C(=O)C12. The molecule has 8 nitrogen and oxygen atoms in total. The predicted molar refractivity (Wildman–Crippen MR) is 121 cm³/mol. The van der Waals surface area contributed by atoms with Gasteiger partial charge in [-0.2, -0.15) is 0 Å².